The number of thiazole rings is 1. The van der Waals surface area contributed by atoms with Crippen molar-refractivity contribution in [3.05, 3.63) is 45.9 Å². The Bertz CT molecular complexity index is 608. The van der Waals surface area contributed by atoms with Crippen LogP contribution in [0.2, 0.25) is 5.02 Å². The zero-order chi connectivity index (χ0) is 13.5. The Morgan fingerprint density at radius 2 is 2.11 bits per heavy atom. The predicted octanol–water partition coefficient (Wildman–Crippen LogP) is 2.85. The van der Waals surface area contributed by atoms with Gasteiger partial charge in [-0.1, -0.05) is 11.6 Å². The van der Waals surface area contributed by atoms with Crippen molar-refractivity contribution in [1.82, 2.24) is 4.98 Å². The molecule has 19 heavy (non-hydrogen) atoms. The molecule has 3 rings (SSSR count). The average molecular weight is 293 g/mol. The van der Waals surface area contributed by atoms with Crippen molar-refractivity contribution in [1.29, 1.82) is 0 Å². The molecular formula is C13H13ClN4S. The van der Waals surface area contributed by atoms with Crippen molar-refractivity contribution in [3.8, 4) is 0 Å². The van der Waals surface area contributed by atoms with Crippen LogP contribution in [0.4, 0.5) is 5.69 Å². The van der Waals surface area contributed by atoms with Crippen molar-refractivity contribution < 1.29 is 0 Å². The molecule has 6 heteroatoms. The molecule has 0 saturated carbocycles. The second-order valence-electron chi connectivity index (χ2n) is 4.60. The van der Waals surface area contributed by atoms with E-state index in [2.05, 4.69) is 16.9 Å². The first kappa shape index (κ1) is 12.4. The van der Waals surface area contributed by atoms with E-state index in [9.17, 15) is 0 Å². The predicted molar refractivity (Wildman–Crippen MR) is 79.9 cm³/mol. The van der Waals surface area contributed by atoms with Gasteiger partial charge in [-0.3, -0.25) is 9.89 Å². The molecular weight excluding hydrogens is 280 g/mol. The highest BCUT2D eigenvalue weighted by molar-refractivity contribution is 7.09. The van der Waals surface area contributed by atoms with Gasteiger partial charge in [0.25, 0.3) is 0 Å². The standard InChI is InChI=1S/C13H13ClN4S/c1-13(11-16-6-7-19-11)8-17-12(15)18(13)10-4-2-9(14)3-5-10/h2-7H,8H2,1H3,(H2,15,17). The number of rotatable bonds is 2. The number of aliphatic imine (C=N–C) groups is 1. The molecule has 1 aliphatic rings. The SMILES string of the molecule is CC1(c2nccs2)CN=C(N)N1c1ccc(Cl)cc1. The summed E-state index contributed by atoms with van der Waals surface area (Å²) < 4.78 is 0. The van der Waals surface area contributed by atoms with Crippen LogP contribution in [-0.4, -0.2) is 17.5 Å². The Balaban J connectivity index is 2.06. The minimum atomic E-state index is -0.327. The Morgan fingerprint density at radius 1 is 1.37 bits per heavy atom. The van der Waals surface area contributed by atoms with E-state index in [0.29, 0.717) is 17.5 Å². The van der Waals surface area contributed by atoms with E-state index >= 15 is 0 Å². The van der Waals surface area contributed by atoms with Gasteiger partial charge in [-0.15, -0.1) is 11.3 Å². The number of anilines is 1. The number of nitrogens with two attached hydrogens (primary N) is 1. The van der Waals surface area contributed by atoms with Crippen LogP contribution < -0.4 is 10.6 Å². The molecule has 2 N–H and O–H groups in total. The highest BCUT2D eigenvalue weighted by Crippen LogP contribution is 2.37. The minimum Gasteiger partial charge on any atom is -0.369 e. The van der Waals surface area contributed by atoms with Gasteiger partial charge in [-0.2, -0.15) is 0 Å². The topological polar surface area (TPSA) is 54.5 Å². The Morgan fingerprint density at radius 3 is 2.74 bits per heavy atom. The lowest BCUT2D eigenvalue weighted by atomic mass is 10.0. The van der Waals surface area contributed by atoms with E-state index in [1.807, 2.05) is 34.5 Å². The fourth-order valence-corrected chi connectivity index (χ4v) is 3.20. The second-order valence-corrected chi connectivity index (χ2v) is 5.93. The molecule has 0 fully saturated rings. The molecule has 4 nitrogen and oxygen atoms in total. The highest BCUT2D eigenvalue weighted by Gasteiger charge is 2.42. The molecule has 0 spiro atoms. The number of benzene rings is 1. The molecule has 98 valence electrons. The number of hydrogen-bond donors (Lipinski definition) is 1. The lowest BCUT2D eigenvalue weighted by molar-refractivity contribution is 0.529. The Kier molecular flexibility index (Phi) is 2.95. The zero-order valence-electron chi connectivity index (χ0n) is 10.4. The van der Waals surface area contributed by atoms with E-state index in [-0.39, 0.29) is 5.54 Å². The van der Waals surface area contributed by atoms with Gasteiger partial charge in [0.05, 0.1) is 6.54 Å². The Labute approximate surface area is 120 Å². The van der Waals surface area contributed by atoms with Crippen molar-refractivity contribution in [2.24, 2.45) is 10.7 Å². The van der Waals surface area contributed by atoms with Crippen LogP contribution in [0, 0.1) is 0 Å². The summed E-state index contributed by atoms with van der Waals surface area (Å²) in [6.07, 6.45) is 1.81. The van der Waals surface area contributed by atoms with E-state index in [1.54, 1.807) is 17.5 Å². The van der Waals surface area contributed by atoms with E-state index in [0.717, 1.165) is 10.7 Å². The third kappa shape index (κ3) is 1.99. The maximum atomic E-state index is 6.05. The molecule has 1 aromatic heterocycles. The molecule has 1 aromatic carbocycles. The van der Waals surface area contributed by atoms with Crippen LogP contribution >= 0.6 is 22.9 Å². The van der Waals surface area contributed by atoms with Crippen molar-refractivity contribution in [3.63, 3.8) is 0 Å². The quantitative estimate of drug-likeness (QED) is 0.926. The van der Waals surface area contributed by atoms with Crippen LogP contribution in [0.3, 0.4) is 0 Å². The molecule has 1 atom stereocenters. The maximum Gasteiger partial charge on any atom is 0.196 e. The van der Waals surface area contributed by atoms with Gasteiger partial charge in [-0.05, 0) is 31.2 Å². The first-order valence-corrected chi connectivity index (χ1v) is 7.13. The summed E-state index contributed by atoms with van der Waals surface area (Å²) in [6, 6.07) is 7.60. The number of nitrogens with zero attached hydrogens (tertiary/aromatic N) is 3. The summed E-state index contributed by atoms with van der Waals surface area (Å²) in [5.74, 6) is 0.514. The van der Waals surface area contributed by atoms with Gasteiger partial charge in [0.1, 0.15) is 10.5 Å². The monoisotopic (exact) mass is 292 g/mol. The van der Waals surface area contributed by atoms with E-state index in [1.165, 1.54) is 0 Å². The van der Waals surface area contributed by atoms with Gasteiger partial charge in [0, 0.05) is 22.3 Å². The molecule has 0 amide bonds. The van der Waals surface area contributed by atoms with Crippen molar-refractivity contribution in [2.75, 3.05) is 11.4 Å². The van der Waals surface area contributed by atoms with Crippen molar-refractivity contribution >= 4 is 34.6 Å². The summed E-state index contributed by atoms with van der Waals surface area (Å²) in [5, 5.41) is 3.68. The lowest BCUT2D eigenvalue weighted by Gasteiger charge is -2.34. The van der Waals surface area contributed by atoms with Crippen molar-refractivity contribution in [2.45, 2.75) is 12.5 Å². The van der Waals surface area contributed by atoms with Gasteiger partial charge in [-0.25, -0.2) is 4.98 Å². The van der Waals surface area contributed by atoms with Crippen LogP contribution in [0.25, 0.3) is 0 Å². The van der Waals surface area contributed by atoms with Gasteiger partial charge < -0.3 is 5.73 Å². The van der Waals surface area contributed by atoms with Gasteiger partial charge in [0.15, 0.2) is 5.96 Å². The molecule has 0 aliphatic carbocycles. The number of guanidine groups is 1. The number of hydrogen-bond acceptors (Lipinski definition) is 5. The Hall–Kier alpha value is -1.59. The zero-order valence-corrected chi connectivity index (χ0v) is 11.9. The first-order chi connectivity index (χ1) is 9.11. The molecule has 0 radical (unpaired) electrons. The molecule has 2 aromatic rings. The maximum absolute atomic E-state index is 6.05. The summed E-state index contributed by atoms with van der Waals surface area (Å²) in [5.41, 5.74) is 6.70. The average Bonchev–Trinajstić information content (AvgIpc) is 3.01. The molecule has 1 aliphatic heterocycles. The summed E-state index contributed by atoms with van der Waals surface area (Å²) >= 11 is 7.55. The third-order valence-electron chi connectivity index (χ3n) is 3.25. The number of halogens is 1. The van der Waals surface area contributed by atoms with E-state index in [4.69, 9.17) is 17.3 Å². The fraction of sp³-hybridized carbons (Fsp3) is 0.231. The smallest absolute Gasteiger partial charge is 0.196 e. The van der Waals surface area contributed by atoms with Crippen LogP contribution in [-0.2, 0) is 5.54 Å². The third-order valence-corrected chi connectivity index (χ3v) is 4.53. The van der Waals surface area contributed by atoms with E-state index < -0.39 is 0 Å². The normalized spacial score (nSPS) is 22.6. The van der Waals surface area contributed by atoms with Gasteiger partial charge >= 0.3 is 0 Å². The summed E-state index contributed by atoms with van der Waals surface area (Å²) in [4.78, 5) is 10.8. The molecule has 0 bridgehead atoms. The molecule has 0 saturated heterocycles. The largest absolute Gasteiger partial charge is 0.369 e. The highest BCUT2D eigenvalue weighted by atomic mass is 35.5. The van der Waals surface area contributed by atoms with Crippen LogP contribution in [0.15, 0.2) is 40.8 Å². The molecule has 2 heterocycles. The molecule has 1 unspecified atom stereocenters. The fourth-order valence-electron chi connectivity index (χ4n) is 2.29. The minimum absolute atomic E-state index is 0.327. The van der Waals surface area contributed by atoms with Crippen LogP contribution in [0.1, 0.15) is 11.9 Å². The summed E-state index contributed by atoms with van der Waals surface area (Å²) in [6.45, 7) is 2.71. The van der Waals surface area contributed by atoms with Crippen LogP contribution in [0.5, 0.6) is 0 Å². The summed E-state index contributed by atoms with van der Waals surface area (Å²) in [7, 11) is 0. The lowest BCUT2D eigenvalue weighted by Crippen LogP contribution is -2.47. The number of aromatic nitrogens is 1. The second kappa shape index (κ2) is 4.51. The van der Waals surface area contributed by atoms with Gasteiger partial charge in [0.2, 0.25) is 0 Å². The first-order valence-electron chi connectivity index (χ1n) is 5.87.